The number of amides is 1. The summed E-state index contributed by atoms with van der Waals surface area (Å²) in [6.45, 7) is 0. The molecular weight excluding hydrogens is 317 g/mol. The number of anilines is 2. The third-order valence-electron chi connectivity index (χ3n) is 2.19. The Balaban J connectivity index is 2.36. The molecule has 5 nitrogen and oxygen atoms in total. The number of carbonyl (C=O) groups is 1. The van der Waals surface area contributed by atoms with Gasteiger partial charge in [0.1, 0.15) is 0 Å². The van der Waals surface area contributed by atoms with Gasteiger partial charge in [-0.2, -0.15) is 13.2 Å². The Morgan fingerprint density at radius 3 is 2.60 bits per heavy atom. The Morgan fingerprint density at radius 2 is 2.05 bits per heavy atom. The molecule has 0 fully saturated rings. The maximum atomic E-state index is 12.8. The first kappa shape index (κ1) is 14.5. The second-order valence-electron chi connectivity index (χ2n) is 3.56. The lowest BCUT2D eigenvalue weighted by molar-refractivity contribution is -0.136. The van der Waals surface area contributed by atoms with E-state index in [1.54, 1.807) is 0 Å². The number of benzene rings is 1. The Labute approximate surface area is 119 Å². The normalized spacial score (nSPS) is 11.4. The Hall–Kier alpha value is -1.87. The number of aromatic nitrogens is 2. The molecular formula is C10H6ClF3N4OS. The first-order valence-corrected chi connectivity index (χ1v) is 6.24. The van der Waals surface area contributed by atoms with Crippen LogP contribution in [0.5, 0.6) is 0 Å². The number of hydrogen-bond donors (Lipinski definition) is 2. The number of hydrogen-bond acceptors (Lipinski definition) is 5. The molecule has 0 aliphatic carbocycles. The number of nitrogens with zero attached hydrogens (tertiary/aromatic N) is 2. The molecule has 0 aliphatic rings. The van der Waals surface area contributed by atoms with E-state index in [9.17, 15) is 18.0 Å². The van der Waals surface area contributed by atoms with Crippen LogP contribution >= 0.6 is 22.9 Å². The highest BCUT2D eigenvalue weighted by Gasteiger charge is 2.35. The molecule has 2 aromatic rings. The van der Waals surface area contributed by atoms with Gasteiger partial charge in [-0.3, -0.25) is 4.79 Å². The van der Waals surface area contributed by atoms with Gasteiger partial charge in [0.25, 0.3) is 5.91 Å². The van der Waals surface area contributed by atoms with Crippen LogP contribution in [0.15, 0.2) is 18.2 Å². The third-order valence-corrected chi connectivity index (χ3v) is 3.26. The van der Waals surface area contributed by atoms with E-state index in [4.69, 9.17) is 17.3 Å². The fourth-order valence-electron chi connectivity index (χ4n) is 1.38. The van der Waals surface area contributed by atoms with E-state index in [1.807, 2.05) is 0 Å². The molecule has 0 aliphatic heterocycles. The van der Waals surface area contributed by atoms with Gasteiger partial charge in [0, 0.05) is 0 Å². The van der Waals surface area contributed by atoms with Crippen molar-refractivity contribution >= 4 is 39.7 Å². The fourth-order valence-corrected chi connectivity index (χ4v) is 2.11. The molecule has 0 radical (unpaired) electrons. The van der Waals surface area contributed by atoms with E-state index in [-0.39, 0.29) is 15.2 Å². The van der Waals surface area contributed by atoms with Crippen LogP contribution in [0, 0.1) is 0 Å². The average molecular weight is 323 g/mol. The van der Waals surface area contributed by atoms with Crippen LogP contribution in [0.1, 0.15) is 15.4 Å². The molecule has 10 heteroatoms. The minimum absolute atomic E-state index is 0.0327. The van der Waals surface area contributed by atoms with Crippen molar-refractivity contribution in [2.75, 3.05) is 11.1 Å². The maximum Gasteiger partial charge on any atom is 0.418 e. The van der Waals surface area contributed by atoms with Crippen molar-refractivity contribution in [2.45, 2.75) is 6.18 Å². The summed E-state index contributed by atoms with van der Waals surface area (Å²) in [5.41, 5.74) is 3.72. The van der Waals surface area contributed by atoms with Crippen LogP contribution in [-0.4, -0.2) is 16.1 Å². The minimum Gasteiger partial charge on any atom is -0.374 e. The summed E-state index contributed by atoms with van der Waals surface area (Å²) < 4.78 is 38.5. The van der Waals surface area contributed by atoms with Gasteiger partial charge >= 0.3 is 6.18 Å². The number of nitrogens with two attached hydrogens (primary N) is 1. The molecule has 1 heterocycles. The van der Waals surface area contributed by atoms with Crippen molar-refractivity contribution in [1.82, 2.24) is 10.2 Å². The summed E-state index contributed by atoms with van der Waals surface area (Å²) in [5.74, 6) is -0.863. The zero-order chi connectivity index (χ0) is 14.9. The first-order chi connectivity index (χ1) is 9.29. The maximum absolute atomic E-state index is 12.8. The fraction of sp³-hybridized carbons (Fsp3) is 0.100. The van der Waals surface area contributed by atoms with E-state index in [0.29, 0.717) is 0 Å². The summed E-state index contributed by atoms with van der Waals surface area (Å²) in [6, 6.07) is 3.20. The molecule has 0 atom stereocenters. The van der Waals surface area contributed by atoms with Gasteiger partial charge in [-0.15, -0.1) is 10.2 Å². The quantitative estimate of drug-likeness (QED) is 0.890. The van der Waals surface area contributed by atoms with Crippen LogP contribution in [0.4, 0.5) is 24.0 Å². The van der Waals surface area contributed by atoms with Gasteiger partial charge in [0.05, 0.1) is 16.3 Å². The van der Waals surface area contributed by atoms with Gasteiger partial charge < -0.3 is 11.1 Å². The largest absolute Gasteiger partial charge is 0.418 e. The molecule has 20 heavy (non-hydrogen) atoms. The molecule has 1 amide bonds. The van der Waals surface area contributed by atoms with E-state index >= 15 is 0 Å². The Kier molecular flexibility index (Phi) is 3.82. The first-order valence-electron chi connectivity index (χ1n) is 5.05. The highest BCUT2D eigenvalue weighted by Crippen LogP contribution is 2.38. The molecule has 0 bridgehead atoms. The van der Waals surface area contributed by atoms with Crippen LogP contribution in [0.2, 0.25) is 5.02 Å². The Bertz CT molecular complexity index is 658. The topological polar surface area (TPSA) is 80.9 Å². The van der Waals surface area contributed by atoms with Crippen molar-refractivity contribution in [1.29, 1.82) is 0 Å². The van der Waals surface area contributed by atoms with Crippen LogP contribution in [0.3, 0.4) is 0 Å². The molecule has 0 unspecified atom stereocenters. The predicted molar refractivity (Wildman–Crippen MR) is 68.7 cm³/mol. The summed E-state index contributed by atoms with van der Waals surface area (Å²) in [6.07, 6.45) is -4.65. The number of para-hydroxylation sites is 1. The lowest BCUT2D eigenvalue weighted by Gasteiger charge is -2.14. The predicted octanol–water partition coefficient (Wildman–Crippen LogP) is 3.04. The summed E-state index contributed by atoms with van der Waals surface area (Å²) in [7, 11) is 0. The second kappa shape index (κ2) is 5.25. The Morgan fingerprint density at radius 1 is 1.35 bits per heavy atom. The van der Waals surface area contributed by atoms with Crippen LogP contribution in [0.25, 0.3) is 0 Å². The molecule has 0 spiro atoms. The van der Waals surface area contributed by atoms with Crippen molar-refractivity contribution in [2.24, 2.45) is 0 Å². The number of nitrogens with one attached hydrogen (secondary N) is 1. The summed E-state index contributed by atoms with van der Waals surface area (Å²) >= 11 is 6.45. The third kappa shape index (κ3) is 2.99. The number of rotatable bonds is 2. The highest BCUT2D eigenvalue weighted by atomic mass is 35.5. The van der Waals surface area contributed by atoms with Gasteiger partial charge in [0.2, 0.25) is 10.1 Å². The summed E-state index contributed by atoms with van der Waals surface area (Å²) in [4.78, 5) is 11.8. The lowest BCUT2D eigenvalue weighted by Crippen LogP contribution is -2.17. The molecule has 1 aromatic carbocycles. The van der Waals surface area contributed by atoms with Crippen LogP contribution in [-0.2, 0) is 6.18 Å². The lowest BCUT2D eigenvalue weighted by atomic mass is 10.1. The molecule has 3 N–H and O–H groups in total. The van der Waals surface area contributed by atoms with E-state index in [1.165, 1.54) is 6.07 Å². The zero-order valence-corrected chi connectivity index (χ0v) is 11.1. The monoisotopic (exact) mass is 322 g/mol. The number of nitrogen functional groups attached to an aromatic ring is 1. The van der Waals surface area contributed by atoms with E-state index < -0.39 is 23.3 Å². The van der Waals surface area contributed by atoms with Gasteiger partial charge in [-0.1, -0.05) is 29.0 Å². The molecule has 2 rings (SSSR count). The van der Waals surface area contributed by atoms with Crippen molar-refractivity contribution in [3.8, 4) is 0 Å². The smallest absolute Gasteiger partial charge is 0.374 e. The average Bonchev–Trinajstić information content (AvgIpc) is 2.77. The highest BCUT2D eigenvalue weighted by molar-refractivity contribution is 7.17. The molecule has 106 valence electrons. The molecule has 0 saturated heterocycles. The van der Waals surface area contributed by atoms with E-state index in [0.717, 1.165) is 23.5 Å². The molecule has 0 saturated carbocycles. The zero-order valence-electron chi connectivity index (χ0n) is 9.53. The van der Waals surface area contributed by atoms with Crippen molar-refractivity contribution < 1.29 is 18.0 Å². The van der Waals surface area contributed by atoms with Crippen molar-refractivity contribution in [3.63, 3.8) is 0 Å². The molecule has 1 aromatic heterocycles. The minimum atomic E-state index is -4.65. The van der Waals surface area contributed by atoms with E-state index in [2.05, 4.69) is 15.5 Å². The second-order valence-corrected chi connectivity index (χ2v) is 4.98. The summed E-state index contributed by atoms with van der Waals surface area (Å²) in [5, 5.41) is 8.57. The van der Waals surface area contributed by atoms with Crippen molar-refractivity contribution in [3.05, 3.63) is 33.8 Å². The standard InChI is InChI=1S/C10H6ClF3N4OS/c11-5-3-1-2-4(10(12,13)14)6(5)16-7(19)8-17-18-9(15)20-8/h1-3H,(H2,15,18)(H,16,19). The van der Waals surface area contributed by atoms with Gasteiger partial charge in [-0.25, -0.2) is 0 Å². The number of alkyl halides is 3. The van der Waals surface area contributed by atoms with Crippen LogP contribution < -0.4 is 11.1 Å². The van der Waals surface area contributed by atoms with Gasteiger partial charge in [0.15, 0.2) is 0 Å². The van der Waals surface area contributed by atoms with Gasteiger partial charge in [-0.05, 0) is 12.1 Å². The SMILES string of the molecule is Nc1nnc(C(=O)Nc2c(Cl)cccc2C(F)(F)F)s1. The number of halogens is 4. The number of carbonyl (C=O) groups excluding carboxylic acids is 1.